The first-order valence-electron chi connectivity index (χ1n) is 7.72. The van der Waals surface area contributed by atoms with Gasteiger partial charge in [-0.2, -0.15) is 0 Å². The van der Waals surface area contributed by atoms with E-state index in [2.05, 4.69) is 0 Å². The number of hydrogen-bond donors (Lipinski definition) is 0. The fourth-order valence-corrected chi connectivity index (χ4v) is 2.28. The van der Waals surface area contributed by atoms with Crippen molar-refractivity contribution in [1.82, 2.24) is 4.90 Å². The second-order valence-corrected chi connectivity index (χ2v) is 5.65. The second-order valence-electron chi connectivity index (χ2n) is 5.65. The maximum atomic E-state index is 12.9. The Balaban J connectivity index is 2.00. The van der Waals surface area contributed by atoms with Crippen molar-refractivity contribution in [2.24, 2.45) is 0 Å². The van der Waals surface area contributed by atoms with Crippen molar-refractivity contribution >= 4 is 5.91 Å². The van der Waals surface area contributed by atoms with Crippen molar-refractivity contribution in [2.45, 2.75) is 32.9 Å². The minimum atomic E-state index is -0.573. The van der Waals surface area contributed by atoms with Crippen LogP contribution in [0.15, 0.2) is 48.5 Å². The average Bonchev–Trinajstić information content (AvgIpc) is 2.55. The van der Waals surface area contributed by atoms with Gasteiger partial charge in [0.25, 0.3) is 5.91 Å². The van der Waals surface area contributed by atoms with Crippen LogP contribution >= 0.6 is 0 Å². The summed E-state index contributed by atoms with van der Waals surface area (Å²) < 4.78 is 18.6. The summed E-state index contributed by atoms with van der Waals surface area (Å²) >= 11 is 0. The number of hydrogen-bond acceptors (Lipinski definition) is 2. The van der Waals surface area contributed by atoms with Crippen LogP contribution in [0, 0.1) is 12.7 Å². The van der Waals surface area contributed by atoms with E-state index in [-0.39, 0.29) is 11.7 Å². The van der Waals surface area contributed by atoms with Crippen LogP contribution < -0.4 is 4.74 Å². The summed E-state index contributed by atoms with van der Waals surface area (Å²) in [4.78, 5) is 14.2. The number of halogens is 1. The summed E-state index contributed by atoms with van der Waals surface area (Å²) in [6, 6.07) is 13.8. The minimum absolute atomic E-state index is 0.0857. The number of amides is 1. The van der Waals surface area contributed by atoms with Crippen LogP contribution in [0.2, 0.25) is 0 Å². The van der Waals surface area contributed by atoms with E-state index < -0.39 is 6.10 Å². The van der Waals surface area contributed by atoms with Gasteiger partial charge in [0.1, 0.15) is 11.6 Å². The van der Waals surface area contributed by atoms with Gasteiger partial charge in [0.05, 0.1) is 0 Å². The van der Waals surface area contributed by atoms with Crippen LogP contribution in [0.5, 0.6) is 5.75 Å². The molecule has 0 aliphatic heterocycles. The molecular formula is C19H22FNO2. The third-order valence-corrected chi connectivity index (χ3v) is 3.65. The highest BCUT2D eigenvalue weighted by molar-refractivity contribution is 5.81. The zero-order valence-corrected chi connectivity index (χ0v) is 13.8. The Labute approximate surface area is 136 Å². The highest BCUT2D eigenvalue weighted by Gasteiger charge is 2.22. The monoisotopic (exact) mass is 315 g/mol. The predicted molar refractivity (Wildman–Crippen MR) is 88.8 cm³/mol. The molecule has 2 rings (SSSR count). The van der Waals surface area contributed by atoms with Crippen molar-refractivity contribution in [3.8, 4) is 5.75 Å². The van der Waals surface area contributed by atoms with Crippen LogP contribution in [0.25, 0.3) is 0 Å². The van der Waals surface area contributed by atoms with E-state index in [1.165, 1.54) is 29.8 Å². The van der Waals surface area contributed by atoms with Crippen molar-refractivity contribution in [2.75, 3.05) is 7.05 Å². The molecule has 122 valence electrons. The Bertz CT molecular complexity index is 637. The minimum Gasteiger partial charge on any atom is -0.481 e. The lowest BCUT2D eigenvalue weighted by molar-refractivity contribution is -0.138. The zero-order chi connectivity index (χ0) is 16.8. The van der Waals surface area contributed by atoms with E-state index in [0.29, 0.717) is 18.7 Å². The normalized spacial score (nSPS) is 11.8. The summed E-state index contributed by atoms with van der Waals surface area (Å²) in [6.07, 6.45) is -0.0232. The fourth-order valence-electron chi connectivity index (χ4n) is 2.28. The fraction of sp³-hybridized carbons (Fsp3) is 0.316. The lowest BCUT2D eigenvalue weighted by Gasteiger charge is -2.24. The predicted octanol–water partition coefficient (Wildman–Crippen LogP) is 3.95. The van der Waals surface area contributed by atoms with Gasteiger partial charge in [-0.1, -0.05) is 36.8 Å². The molecule has 0 fully saturated rings. The van der Waals surface area contributed by atoms with Gasteiger partial charge < -0.3 is 9.64 Å². The van der Waals surface area contributed by atoms with Crippen molar-refractivity contribution < 1.29 is 13.9 Å². The van der Waals surface area contributed by atoms with E-state index >= 15 is 0 Å². The molecule has 0 bridgehead atoms. The highest BCUT2D eigenvalue weighted by Crippen LogP contribution is 2.16. The Morgan fingerprint density at radius 2 is 1.74 bits per heavy atom. The molecule has 0 aromatic heterocycles. The molecule has 0 saturated heterocycles. The lowest BCUT2D eigenvalue weighted by Crippen LogP contribution is -2.39. The third kappa shape index (κ3) is 4.81. The SMILES string of the molecule is CCC(Oc1ccc(F)cc1)C(=O)N(C)Cc1ccc(C)cc1. The van der Waals surface area contributed by atoms with E-state index in [0.717, 1.165) is 5.56 Å². The summed E-state index contributed by atoms with van der Waals surface area (Å²) in [5.41, 5.74) is 2.26. The molecule has 0 N–H and O–H groups in total. The van der Waals surface area contributed by atoms with Crippen LogP contribution in [-0.2, 0) is 11.3 Å². The van der Waals surface area contributed by atoms with Crippen LogP contribution in [0.1, 0.15) is 24.5 Å². The molecule has 2 aromatic rings. The third-order valence-electron chi connectivity index (χ3n) is 3.65. The van der Waals surface area contributed by atoms with Gasteiger partial charge in [0.15, 0.2) is 6.10 Å². The van der Waals surface area contributed by atoms with Gasteiger partial charge >= 0.3 is 0 Å². The molecule has 0 aliphatic rings. The van der Waals surface area contributed by atoms with E-state index in [1.54, 1.807) is 11.9 Å². The molecule has 2 aromatic carbocycles. The molecule has 1 atom stereocenters. The molecule has 1 unspecified atom stereocenters. The number of aryl methyl sites for hydroxylation is 1. The average molecular weight is 315 g/mol. The number of likely N-dealkylation sites (N-methyl/N-ethyl adjacent to an activating group) is 1. The van der Waals surface area contributed by atoms with Gasteiger partial charge in [0.2, 0.25) is 0 Å². The number of carbonyl (C=O) groups excluding carboxylic acids is 1. The zero-order valence-electron chi connectivity index (χ0n) is 13.8. The van der Waals surface area contributed by atoms with Gasteiger partial charge in [-0.05, 0) is 43.2 Å². The molecule has 4 heteroatoms. The van der Waals surface area contributed by atoms with Crippen molar-refractivity contribution in [3.05, 3.63) is 65.5 Å². The summed E-state index contributed by atoms with van der Waals surface area (Å²) in [5.74, 6) is 0.0842. The second kappa shape index (κ2) is 7.77. The van der Waals surface area contributed by atoms with Crippen LogP contribution in [0.4, 0.5) is 4.39 Å². The van der Waals surface area contributed by atoms with Crippen LogP contribution in [0.3, 0.4) is 0 Å². The highest BCUT2D eigenvalue weighted by atomic mass is 19.1. The molecule has 3 nitrogen and oxygen atoms in total. The summed E-state index contributed by atoms with van der Waals surface area (Å²) in [6.45, 7) is 4.45. The molecular weight excluding hydrogens is 293 g/mol. The number of ether oxygens (including phenoxy) is 1. The molecule has 0 heterocycles. The molecule has 0 radical (unpaired) electrons. The van der Waals surface area contributed by atoms with E-state index in [1.807, 2.05) is 38.1 Å². The standard InChI is InChI=1S/C19H22FNO2/c1-4-18(23-17-11-9-16(20)10-12-17)19(22)21(3)13-15-7-5-14(2)6-8-15/h5-12,18H,4,13H2,1-3H3. The van der Waals surface area contributed by atoms with Crippen molar-refractivity contribution in [3.63, 3.8) is 0 Å². The Morgan fingerprint density at radius 1 is 1.13 bits per heavy atom. The van der Waals surface area contributed by atoms with E-state index in [4.69, 9.17) is 4.74 Å². The summed E-state index contributed by atoms with van der Waals surface area (Å²) in [5, 5.41) is 0. The lowest BCUT2D eigenvalue weighted by atomic mass is 10.1. The van der Waals surface area contributed by atoms with Gasteiger partial charge in [-0.15, -0.1) is 0 Å². The molecule has 1 amide bonds. The Hall–Kier alpha value is -2.36. The van der Waals surface area contributed by atoms with Gasteiger partial charge in [-0.25, -0.2) is 4.39 Å². The summed E-state index contributed by atoms with van der Waals surface area (Å²) in [7, 11) is 1.76. The smallest absolute Gasteiger partial charge is 0.263 e. The largest absolute Gasteiger partial charge is 0.481 e. The van der Waals surface area contributed by atoms with Gasteiger partial charge in [-0.3, -0.25) is 4.79 Å². The Morgan fingerprint density at radius 3 is 2.30 bits per heavy atom. The van der Waals surface area contributed by atoms with Gasteiger partial charge in [0, 0.05) is 13.6 Å². The van der Waals surface area contributed by atoms with E-state index in [9.17, 15) is 9.18 Å². The Kier molecular flexibility index (Phi) is 5.74. The molecule has 0 spiro atoms. The quantitative estimate of drug-likeness (QED) is 0.808. The van der Waals surface area contributed by atoms with Crippen LogP contribution in [-0.4, -0.2) is 24.0 Å². The first-order valence-corrected chi connectivity index (χ1v) is 7.72. The first-order chi connectivity index (χ1) is 11.0. The molecule has 0 saturated carbocycles. The molecule has 0 aliphatic carbocycles. The number of benzene rings is 2. The number of carbonyl (C=O) groups is 1. The van der Waals surface area contributed by atoms with Crippen molar-refractivity contribution in [1.29, 1.82) is 0 Å². The molecule has 23 heavy (non-hydrogen) atoms. The maximum Gasteiger partial charge on any atom is 0.263 e. The number of nitrogens with zero attached hydrogens (tertiary/aromatic N) is 1. The topological polar surface area (TPSA) is 29.5 Å². The first kappa shape index (κ1) is 17.0. The maximum absolute atomic E-state index is 12.9. The number of rotatable bonds is 6.